The Morgan fingerprint density at radius 1 is 0.852 bits per heavy atom. The third-order valence-corrected chi connectivity index (χ3v) is 4.95. The van der Waals surface area contributed by atoms with Crippen molar-refractivity contribution in [2.24, 2.45) is 0 Å². The van der Waals surface area contributed by atoms with E-state index >= 15 is 0 Å². The molecule has 0 aromatic heterocycles. The van der Waals surface area contributed by atoms with Gasteiger partial charge in [-0.3, -0.25) is 0 Å². The molecule has 0 fully saturated rings. The largest absolute Gasteiger partial charge is 0.497 e. The Morgan fingerprint density at radius 2 is 1.63 bits per heavy atom. The standard InChI is InChI=1S/C21H18Cl3NO2/c1-26-18-6-4-17(5-7-18)25-12-15-11-16(22)3-9-21(15)27-13-14-2-8-19(23)20(24)10-14/h2-11,25H,12-13H2,1H3. The molecule has 140 valence electrons. The SMILES string of the molecule is COc1ccc(NCc2cc(Cl)ccc2OCc2ccc(Cl)c(Cl)c2)cc1. The first-order valence-electron chi connectivity index (χ1n) is 8.28. The van der Waals surface area contributed by atoms with Crippen LogP contribution in [0.4, 0.5) is 5.69 Å². The van der Waals surface area contributed by atoms with E-state index < -0.39 is 0 Å². The van der Waals surface area contributed by atoms with Gasteiger partial charge in [0.2, 0.25) is 0 Å². The van der Waals surface area contributed by atoms with Crippen molar-refractivity contribution in [2.45, 2.75) is 13.2 Å². The summed E-state index contributed by atoms with van der Waals surface area (Å²) in [5, 5.41) is 5.05. The van der Waals surface area contributed by atoms with Gasteiger partial charge < -0.3 is 14.8 Å². The van der Waals surface area contributed by atoms with Gasteiger partial charge >= 0.3 is 0 Å². The van der Waals surface area contributed by atoms with Crippen LogP contribution < -0.4 is 14.8 Å². The quantitative estimate of drug-likeness (QED) is 0.452. The summed E-state index contributed by atoms with van der Waals surface area (Å²) in [5.41, 5.74) is 2.87. The Hall–Kier alpha value is -2.07. The molecule has 0 bridgehead atoms. The average molecular weight is 423 g/mol. The maximum atomic E-state index is 6.16. The second-order valence-electron chi connectivity index (χ2n) is 5.87. The number of rotatable bonds is 7. The maximum absolute atomic E-state index is 6.16. The van der Waals surface area contributed by atoms with Crippen LogP contribution >= 0.6 is 34.8 Å². The monoisotopic (exact) mass is 421 g/mol. The second kappa shape index (κ2) is 9.23. The van der Waals surface area contributed by atoms with Crippen molar-refractivity contribution in [2.75, 3.05) is 12.4 Å². The molecule has 0 spiro atoms. The van der Waals surface area contributed by atoms with Crippen LogP contribution in [0.1, 0.15) is 11.1 Å². The van der Waals surface area contributed by atoms with E-state index in [0.717, 1.165) is 28.3 Å². The highest BCUT2D eigenvalue weighted by Gasteiger charge is 2.07. The summed E-state index contributed by atoms with van der Waals surface area (Å²) in [6, 6.07) is 18.7. The van der Waals surface area contributed by atoms with Crippen molar-refractivity contribution in [3.8, 4) is 11.5 Å². The highest BCUT2D eigenvalue weighted by atomic mass is 35.5. The molecule has 3 aromatic carbocycles. The van der Waals surface area contributed by atoms with Crippen molar-refractivity contribution in [1.29, 1.82) is 0 Å². The molecule has 0 aliphatic carbocycles. The molecule has 3 nitrogen and oxygen atoms in total. The number of benzene rings is 3. The predicted octanol–water partition coefficient (Wildman–Crippen LogP) is 6.85. The molecule has 3 rings (SSSR count). The maximum Gasteiger partial charge on any atom is 0.124 e. The van der Waals surface area contributed by atoms with Crippen LogP contribution in [0.3, 0.4) is 0 Å². The summed E-state index contributed by atoms with van der Waals surface area (Å²) in [4.78, 5) is 0. The van der Waals surface area contributed by atoms with Crippen molar-refractivity contribution < 1.29 is 9.47 Å². The molecule has 3 aromatic rings. The van der Waals surface area contributed by atoms with Crippen LogP contribution in [0.5, 0.6) is 11.5 Å². The van der Waals surface area contributed by atoms with Gasteiger partial charge in [0, 0.05) is 22.8 Å². The topological polar surface area (TPSA) is 30.5 Å². The summed E-state index contributed by atoms with van der Waals surface area (Å²) >= 11 is 18.2. The number of halogens is 3. The number of anilines is 1. The van der Waals surface area contributed by atoms with Crippen molar-refractivity contribution in [3.63, 3.8) is 0 Å². The minimum atomic E-state index is 0.383. The number of ether oxygens (including phenoxy) is 2. The summed E-state index contributed by atoms with van der Waals surface area (Å²) in [5.74, 6) is 1.57. The molecule has 27 heavy (non-hydrogen) atoms. The fraction of sp³-hybridized carbons (Fsp3) is 0.143. The lowest BCUT2D eigenvalue weighted by atomic mass is 10.2. The van der Waals surface area contributed by atoms with E-state index in [1.54, 1.807) is 19.2 Å². The molecule has 6 heteroatoms. The summed E-state index contributed by atoms with van der Waals surface area (Å²) in [7, 11) is 1.64. The normalized spacial score (nSPS) is 10.5. The first-order chi connectivity index (χ1) is 13.0. The molecule has 0 aliphatic heterocycles. The van der Waals surface area contributed by atoms with E-state index in [9.17, 15) is 0 Å². The second-order valence-corrected chi connectivity index (χ2v) is 7.12. The van der Waals surface area contributed by atoms with Gasteiger partial charge in [0.05, 0.1) is 17.2 Å². The average Bonchev–Trinajstić information content (AvgIpc) is 2.68. The van der Waals surface area contributed by atoms with E-state index in [4.69, 9.17) is 44.3 Å². The Labute approximate surface area is 173 Å². The molecule has 0 unspecified atom stereocenters. The fourth-order valence-corrected chi connectivity index (χ4v) is 3.04. The van der Waals surface area contributed by atoms with Gasteiger partial charge in [-0.1, -0.05) is 40.9 Å². The summed E-state index contributed by atoms with van der Waals surface area (Å²) in [6.07, 6.45) is 0. The minimum absolute atomic E-state index is 0.383. The minimum Gasteiger partial charge on any atom is -0.497 e. The number of hydrogen-bond donors (Lipinski definition) is 1. The van der Waals surface area contributed by atoms with Gasteiger partial charge in [-0.05, 0) is 60.2 Å². The Morgan fingerprint density at radius 3 is 2.33 bits per heavy atom. The summed E-state index contributed by atoms with van der Waals surface area (Å²) in [6.45, 7) is 0.956. The molecule has 0 atom stereocenters. The first kappa shape index (κ1) is 19.7. The van der Waals surface area contributed by atoms with Crippen LogP contribution in [0.15, 0.2) is 60.7 Å². The van der Waals surface area contributed by atoms with Gasteiger partial charge in [-0.25, -0.2) is 0 Å². The van der Waals surface area contributed by atoms with E-state index in [1.807, 2.05) is 48.5 Å². The Kier molecular flexibility index (Phi) is 6.73. The molecule has 1 N–H and O–H groups in total. The smallest absolute Gasteiger partial charge is 0.124 e. The van der Waals surface area contributed by atoms with Crippen molar-refractivity contribution >= 4 is 40.5 Å². The van der Waals surface area contributed by atoms with Gasteiger partial charge in [-0.2, -0.15) is 0 Å². The van der Waals surface area contributed by atoms with Crippen LogP contribution in [0.25, 0.3) is 0 Å². The molecule has 0 amide bonds. The third kappa shape index (κ3) is 5.46. The lowest BCUT2D eigenvalue weighted by Crippen LogP contribution is -2.04. The number of nitrogens with one attached hydrogen (secondary N) is 1. The lowest BCUT2D eigenvalue weighted by Gasteiger charge is -2.14. The molecule has 0 heterocycles. The van der Waals surface area contributed by atoms with E-state index in [1.165, 1.54) is 0 Å². The van der Waals surface area contributed by atoms with E-state index in [2.05, 4.69) is 5.32 Å². The Balaban J connectivity index is 1.69. The third-order valence-electron chi connectivity index (χ3n) is 3.97. The van der Waals surface area contributed by atoms with Crippen LogP contribution in [-0.2, 0) is 13.2 Å². The predicted molar refractivity (Wildman–Crippen MR) is 113 cm³/mol. The first-order valence-corrected chi connectivity index (χ1v) is 9.41. The lowest BCUT2D eigenvalue weighted by molar-refractivity contribution is 0.303. The van der Waals surface area contributed by atoms with Gasteiger partial charge in [-0.15, -0.1) is 0 Å². The summed E-state index contributed by atoms with van der Waals surface area (Å²) < 4.78 is 11.2. The fourth-order valence-electron chi connectivity index (χ4n) is 2.52. The van der Waals surface area contributed by atoms with Crippen LogP contribution in [0.2, 0.25) is 15.1 Å². The molecular weight excluding hydrogens is 405 g/mol. The number of methoxy groups -OCH3 is 1. The molecule has 0 aliphatic rings. The van der Waals surface area contributed by atoms with Gasteiger partial charge in [0.1, 0.15) is 18.1 Å². The van der Waals surface area contributed by atoms with Crippen molar-refractivity contribution in [1.82, 2.24) is 0 Å². The van der Waals surface area contributed by atoms with E-state index in [0.29, 0.717) is 28.2 Å². The van der Waals surface area contributed by atoms with Crippen LogP contribution in [0, 0.1) is 0 Å². The van der Waals surface area contributed by atoms with Gasteiger partial charge in [0.15, 0.2) is 0 Å². The Bertz CT molecular complexity index is 914. The molecule has 0 saturated heterocycles. The zero-order valence-corrected chi connectivity index (χ0v) is 16.9. The van der Waals surface area contributed by atoms with Crippen molar-refractivity contribution in [3.05, 3.63) is 86.9 Å². The molecule has 0 saturated carbocycles. The highest BCUT2D eigenvalue weighted by Crippen LogP contribution is 2.27. The molecule has 0 radical (unpaired) electrons. The molecular formula is C21H18Cl3NO2. The van der Waals surface area contributed by atoms with E-state index in [-0.39, 0.29) is 0 Å². The zero-order chi connectivity index (χ0) is 19.2. The van der Waals surface area contributed by atoms with Gasteiger partial charge in [0.25, 0.3) is 0 Å². The number of hydrogen-bond acceptors (Lipinski definition) is 3. The zero-order valence-electron chi connectivity index (χ0n) is 14.6. The highest BCUT2D eigenvalue weighted by molar-refractivity contribution is 6.42. The van der Waals surface area contributed by atoms with Crippen LogP contribution in [-0.4, -0.2) is 7.11 Å².